The Hall–Kier alpha value is -3.94. The number of rotatable bonds is 4. The zero-order valence-corrected chi connectivity index (χ0v) is 16.6. The molecule has 2 aromatic carbocycles. The molecule has 8 nitrogen and oxygen atoms in total. The number of carboxylic acids is 1. The number of carbonyl (C=O) groups is 1. The summed E-state index contributed by atoms with van der Waals surface area (Å²) in [7, 11) is 0. The fourth-order valence-electron chi connectivity index (χ4n) is 3.37. The molecule has 30 heavy (non-hydrogen) atoms. The van der Waals surface area contributed by atoms with Crippen LogP contribution in [0.4, 0.5) is 11.5 Å². The number of aryl methyl sites for hydroxylation is 1. The molecule has 1 unspecified atom stereocenters. The number of nitrogens with one attached hydrogen (secondary N) is 1. The van der Waals surface area contributed by atoms with E-state index in [1.165, 1.54) is 6.20 Å². The van der Waals surface area contributed by atoms with E-state index in [1.54, 1.807) is 6.92 Å². The number of hydrogen-bond donors (Lipinski definition) is 2. The second kappa shape index (κ2) is 9.04. The molecule has 0 bridgehead atoms. The van der Waals surface area contributed by atoms with Gasteiger partial charge in [0, 0.05) is 24.9 Å². The van der Waals surface area contributed by atoms with Gasteiger partial charge in [0.2, 0.25) is 0 Å². The van der Waals surface area contributed by atoms with Crippen LogP contribution in [0.5, 0.6) is 0 Å². The van der Waals surface area contributed by atoms with E-state index in [9.17, 15) is 20.0 Å². The Bertz CT molecular complexity index is 1080. The number of aromatic amines is 1. The lowest BCUT2D eigenvalue weighted by molar-refractivity contribution is -0.389. The highest BCUT2D eigenvalue weighted by Crippen LogP contribution is 2.39. The zero-order valence-electron chi connectivity index (χ0n) is 16.6. The van der Waals surface area contributed by atoms with E-state index >= 15 is 0 Å². The predicted octanol–water partition coefficient (Wildman–Crippen LogP) is 4.36. The summed E-state index contributed by atoms with van der Waals surface area (Å²) in [6, 6.07) is 17.7. The predicted molar refractivity (Wildman–Crippen MR) is 114 cm³/mol. The summed E-state index contributed by atoms with van der Waals surface area (Å²) in [5.41, 5.74) is 3.84. The lowest BCUT2D eigenvalue weighted by atomic mass is 9.90. The number of carboxylic acid groups (broad SMARTS) is 1. The van der Waals surface area contributed by atoms with Gasteiger partial charge < -0.3 is 20.1 Å². The monoisotopic (exact) mass is 406 g/mol. The highest BCUT2D eigenvalue weighted by Gasteiger charge is 2.29. The third-order valence-electron chi connectivity index (χ3n) is 4.72. The number of nitro groups is 1. The van der Waals surface area contributed by atoms with Crippen molar-refractivity contribution in [1.82, 2.24) is 9.97 Å². The van der Waals surface area contributed by atoms with E-state index in [4.69, 9.17) is 0 Å². The summed E-state index contributed by atoms with van der Waals surface area (Å²) >= 11 is 0. The number of para-hydroxylation sites is 1. The Morgan fingerprint density at radius 1 is 1.20 bits per heavy atom. The Kier molecular flexibility index (Phi) is 6.26. The van der Waals surface area contributed by atoms with Gasteiger partial charge in [-0.25, -0.2) is 9.97 Å². The summed E-state index contributed by atoms with van der Waals surface area (Å²) in [5.74, 6) is -0.917. The van der Waals surface area contributed by atoms with Gasteiger partial charge in [0.25, 0.3) is 0 Å². The van der Waals surface area contributed by atoms with Crippen LogP contribution < -0.4 is 4.90 Å². The number of aromatic nitrogens is 2. The SMILES string of the molecule is CCN1C(c2ccccc2)=CC(C(=O)O)c2ccccc21.Cc1ncc([N+](=O)[O-])[nH]1. The highest BCUT2D eigenvalue weighted by molar-refractivity contribution is 5.92. The molecule has 1 aromatic heterocycles. The molecule has 0 spiro atoms. The Morgan fingerprint density at radius 3 is 2.40 bits per heavy atom. The first-order chi connectivity index (χ1) is 14.4. The molecule has 0 saturated heterocycles. The van der Waals surface area contributed by atoms with Gasteiger partial charge in [0.05, 0.1) is 0 Å². The van der Waals surface area contributed by atoms with E-state index in [0.717, 1.165) is 29.1 Å². The van der Waals surface area contributed by atoms with Crippen LogP contribution in [0.3, 0.4) is 0 Å². The second-order valence-electron chi connectivity index (χ2n) is 6.65. The molecule has 3 aromatic rings. The largest absolute Gasteiger partial charge is 0.481 e. The van der Waals surface area contributed by atoms with E-state index in [1.807, 2.05) is 60.7 Å². The van der Waals surface area contributed by atoms with Crippen LogP contribution in [-0.4, -0.2) is 32.5 Å². The standard InChI is InChI=1S/C18H17NO2.C4H5N3O2/c1-2-19-16-11-7-6-10-14(16)15(18(20)21)12-17(19)13-8-4-3-5-9-13;1-3-5-2-4(6-3)7(8)9/h3-12,15H,2H2,1H3,(H,20,21);2H,1H3,(H,5,6). The molecule has 0 radical (unpaired) electrons. The van der Waals surface area contributed by atoms with Crippen molar-refractivity contribution < 1.29 is 14.8 Å². The van der Waals surface area contributed by atoms with Crippen molar-refractivity contribution in [2.24, 2.45) is 0 Å². The highest BCUT2D eigenvalue weighted by atomic mass is 16.6. The van der Waals surface area contributed by atoms with Crippen LogP contribution in [0.1, 0.15) is 29.8 Å². The topological polar surface area (TPSA) is 112 Å². The van der Waals surface area contributed by atoms with Crippen molar-refractivity contribution in [3.8, 4) is 0 Å². The van der Waals surface area contributed by atoms with Crippen LogP contribution in [0.15, 0.2) is 66.9 Å². The first kappa shape index (κ1) is 20.8. The molecule has 0 fully saturated rings. The normalized spacial score (nSPS) is 14.8. The van der Waals surface area contributed by atoms with Gasteiger partial charge in [-0.2, -0.15) is 0 Å². The van der Waals surface area contributed by atoms with Gasteiger partial charge >= 0.3 is 11.8 Å². The van der Waals surface area contributed by atoms with Gasteiger partial charge in [0.15, 0.2) is 5.82 Å². The fourth-order valence-corrected chi connectivity index (χ4v) is 3.37. The Morgan fingerprint density at radius 2 is 1.87 bits per heavy atom. The average Bonchev–Trinajstić information content (AvgIpc) is 3.20. The third-order valence-corrected chi connectivity index (χ3v) is 4.72. The molecule has 4 rings (SSSR count). The van der Waals surface area contributed by atoms with Crippen molar-refractivity contribution in [1.29, 1.82) is 0 Å². The number of anilines is 1. The first-order valence-electron chi connectivity index (χ1n) is 9.44. The van der Waals surface area contributed by atoms with E-state index < -0.39 is 16.8 Å². The summed E-state index contributed by atoms with van der Waals surface area (Å²) < 4.78 is 0. The molecule has 1 aliphatic rings. The molecule has 0 saturated carbocycles. The van der Waals surface area contributed by atoms with Crippen molar-refractivity contribution >= 4 is 23.2 Å². The summed E-state index contributed by atoms with van der Waals surface area (Å²) in [6.07, 6.45) is 3.04. The van der Waals surface area contributed by atoms with Crippen molar-refractivity contribution in [3.05, 3.63) is 93.9 Å². The minimum atomic E-state index is -0.813. The molecule has 8 heteroatoms. The molecule has 2 heterocycles. The summed E-state index contributed by atoms with van der Waals surface area (Å²) in [4.78, 5) is 29.3. The zero-order chi connectivity index (χ0) is 21.7. The number of imidazole rings is 1. The van der Waals surface area contributed by atoms with Crippen LogP contribution >= 0.6 is 0 Å². The molecule has 1 atom stereocenters. The Balaban J connectivity index is 0.000000239. The fraction of sp³-hybridized carbons (Fsp3) is 0.182. The van der Waals surface area contributed by atoms with E-state index in [0.29, 0.717) is 5.82 Å². The smallest absolute Gasteiger partial charge is 0.340 e. The molecule has 0 aliphatic carbocycles. The quantitative estimate of drug-likeness (QED) is 0.492. The molecule has 2 N–H and O–H groups in total. The minimum Gasteiger partial charge on any atom is -0.481 e. The van der Waals surface area contributed by atoms with E-state index in [2.05, 4.69) is 21.8 Å². The third kappa shape index (κ3) is 4.38. The van der Waals surface area contributed by atoms with Crippen molar-refractivity contribution in [2.45, 2.75) is 19.8 Å². The van der Waals surface area contributed by atoms with Crippen LogP contribution in [0.25, 0.3) is 5.70 Å². The molecular weight excluding hydrogens is 384 g/mol. The number of hydrogen-bond acceptors (Lipinski definition) is 5. The van der Waals surface area contributed by atoms with Gasteiger partial charge in [-0.15, -0.1) is 0 Å². The number of aliphatic carboxylic acids is 1. The van der Waals surface area contributed by atoms with Gasteiger partial charge in [-0.05, 0) is 35.1 Å². The van der Waals surface area contributed by atoms with Crippen LogP contribution in [-0.2, 0) is 4.79 Å². The summed E-state index contributed by atoms with van der Waals surface area (Å²) in [6.45, 7) is 4.53. The van der Waals surface area contributed by atoms with Gasteiger partial charge in [-0.1, -0.05) is 48.5 Å². The van der Waals surface area contributed by atoms with Crippen LogP contribution in [0.2, 0.25) is 0 Å². The van der Waals surface area contributed by atoms with E-state index in [-0.39, 0.29) is 5.82 Å². The van der Waals surface area contributed by atoms with Crippen LogP contribution in [0, 0.1) is 17.0 Å². The number of nitrogens with zero attached hydrogens (tertiary/aromatic N) is 3. The average molecular weight is 406 g/mol. The molecule has 154 valence electrons. The lowest BCUT2D eigenvalue weighted by Crippen LogP contribution is -2.28. The van der Waals surface area contributed by atoms with Crippen molar-refractivity contribution in [2.75, 3.05) is 11.4 Å². The Labute approximate surface area is 173 Å². The maximum atomic E-state index is 11.6. The molecular formula is C22H22N4O4. The number of H-pyrrole nitrogens is 1. The minimum absolute atomic E-state index is 0.0625. The maximum absolute atomic E-state index is 11.6. The molecule has 1 aliphatic heterocycles. The van der Waals surface area contributed by atoms with Gasteiger partial charge in [0.1, 0.15) is 12.1 Å². The second-order valence-corrected chi connectivity index (χ2v) is 6.65. The first-order valence-corrected chi connectivity index (χ1v) is 9.44. The van der Waals surface area contributed by atoms with Gasteiger partial charge in [-0.3, -0.25) is 4.79 Å². The number of fused-ring (bicyclic) bond motifs is 1. The maximum Gasteiger partial charge on any atom is 0.340 e. The summed E-state index contributed by atoms with van der Waals surface area (Å²) in [5, 5.41) is 19.5. The molecule has 0 amide bonds. The number of benzene rings is 2. The lowest BCUT2D eigenvalue weighted by Gasteiger charge is -2.34. The van der Waals surface area contributed by atoms with Crippen molar-refractivity contribution in [3.63, 3.8) is 0 Å².